The van der Waals surface area contributed by atoms with Crippen molar-refractivity contribution in [3.05, 3.63) is 121 Å². The number of hydrogen-bond acceptors (Lipinski definition) is 2. The van der Waals surface area contributed by atoms with Crippen molar-refractivity contribution in [1.82, 2.24) is 0 Å². The molecule has 4 aromatic rings. The van der Waals surface area contributed by atoms with Gasteiger partial charge in [0.15, 0.2) is 10.2 Å². The van der Waals surface area contributed by atoms with Crippen molar-refractivity contribution in [2.24, 2.45) is 0 Å². The monoisotopic (exact) mass is 518 g/mol. The fraction of sp³-hybridized carbons (Fsp3) is 0.0714. The number of halogens is 2. The second-order valence-corrected chi connectivity index (χ2v) is 8.62. The van der Waals surface area contributed by atoms with Gasteiger partial charge in [-0.25, -0.2) is 8.78 Å². The molecule has 0 bridgehead atoms. The van der Waals surface area contributed by atoms with Gasteiger partial charge in [0.2, 0.25) is 0 Å². The fourth-order valence-electron chi connectivity index (χ4n) is 3.56. The standard InChI is InChI=1S/C28H24F2N4S2/c29-21-11-15-23(16-12-21)31-27(35)33(25-7-3-1-4-8-25)19-20-34(26-9-5-2-6-10-26)28(36)32-24-17-13-22(30)14-18-24/h1-18H,19-20H2,(H,31,35)(H,32,36). The minimum Gasteiger partial charge on any atom is -0.332 e. The second kappa shape index (κ2) is 12.2. The van der Waals surface area contributed by atoms with E-state index < -0.39 is 0 Å². The number of thiocarbonyl (C=S) groups is 2. The highest BCUT2D eigenvalue weighted by atomic mass is 32.1. The van der Waals surface area contributed by atoms with Crippen LogP contribution >= 0.6 is 24.4 Å². The Labute approximate surface area is 220 Å². The van der Waals surface area contributed by atoms with Crippen LogP contribution in [0.1, 0.15) is 0 Å². The SMILES string of the molecule is Fc1ccc(NC(=S)N(CCN(C(=S)Nc2ccc(F)cc2)c2ccccc2)c2ccccc2)cc1. The summed E-state index contributed by atoms with van der Waals surface area (Å²) in [6.07, 6.45) is 0. The molecule has 0 unspecified atom stereocenters. The van der Waals surface area contributed by atoms with Gasteiger partial charge in [-0.15, -0.1) is 0 Å². The minimum absolute atomic E-state index is 0.313. The molecular formula is C28H24F2N4S2. The van der Waals surface area contributed by atoms with Gasteiger partial charge in [-0.3, -0.25) is 0 Å². The summed E-state index contributed by atoms with van der Waals surface area (Å²) in [6, 6.07) is 31.6. The lowest BCUT2D eigenvalue weighted by molar-refractivity contribution is 0.627. The van der Waals surface area contributed by atoms with Gasteiger partial charge in [0.05, 0.1) is 0 Å². The molecule has 4 aromatic carbocycles. The lowest BCUT2D eigenvalue weighted by Gasteiger charge is -2.31. The summed E-state index contributed by atoms with van der Waals surface area (Å²) in [5.41, 5.74) is 3.19. The largest absolute Gasteiger partial charge is 0.332 e. The van der Waals surface area contributed by atoms with Gasteiger partial charge >= 0.3 is 0 Å². The first kappa shape index (κ1) is 25.2. The van der Waals surface area contributed by atoms with Crippen LogP contribution in [0.5, 0.6) is 0 Å². The molecule has 4 nitrogen and oxygen atoms in total. The van der Waals surface area contributed by atoms with E-state index in [9.17, 15) is 8.78 Å². The van der Waals surface area contributed by atoms with E-state index in [1.165, 1.54) is 24.3 Å². The predicted octanol–water partition coefficient (Wildman–Crippen LogP) is 7.07. The average Bonchev–Trinajstić information content (AvgIpc) is 2.90. The van der Waals surface area contributed by atoms with E-state index in [-0.39, 0.29) is 11.6 Å². The number of nitrogens with one attached hydrogen (secondary N) is 2. The number of hydrogen-bond donors (Lipinski definition) is 2. The number of anilines is 4. The molecule has 36 heavy (non-hydrogen) atoms. The van der Waals surface area contributed by atoms with Gasteiger partial charge in [-0.1, -0.05) is 36.4 Å². The smallest absolute Gasteiger partial charge is 0.178 e. The zero-order valence-corrected chi connectivity index (χ0v) is 20.9. The summed E-state index contributed by atoms with van der Waals surface area (Å²) >= 11 is 11.5. The Morgan fingerprint density at radius 2 is 0.861 bits per heavy atom. The Bertz CT molecular complexity index is 1180. The third-order valence-electron chi connectivity index (χ3n) is 5.36. The zero-order valence-electron chi connectivity index (χ0n) is 19.3. The van der Waals surface area contributed by atoms with Gasteiger partial charge in [0, 0.05) is 35.8 Å². The van der Waals surface area contributed by atoms with Crippen molar-refractivity contribution in [1.29, 1.82) is 0 Å². The molecule has 0 saturated heterocycles. The van der Waals surface area contributed by atoms with Crippen molar-refractivity contribution < 1.29 is 8.78 Å². The molecule has 4 rings (SSSR count). The van der Waals surface area contributed by atoms with Gasteiger partial charge in [-0.05, 0) is 97.2 Å². The van der Waals surface area contributed by atoms with E-state index in [1.807, 2.05) is 70.5 Å². The number of rotatable bonds is 7. The van der Waals surface area contributed by atoms with Crippen LogP contribution in [-0.2, 0) is 0 Å². The first-order chi connectivity index (χ1) is 17.5. The Morgan fingerprint density at radius 1 is 0.528 bits per heavy atom. The Kier molecular flexibility index (Phi) is 8.54. The van der Waals surface area contributed by atoms with Crippen LogP contribution in [0.4, 0.5) is 31.5 Å². The molecule has 0 fully saturated rings. The van der Waals surface area contributed by atoms with E-state index in [2.05, 4.69) is 10.6 Å². The van der Waals surface area contributed by atoms with Gasteiger partial charge < -0.3 is 20.4 Å². The third kappa shape index (κ3) is 6.84. The van der Waals surface area contributed by atoms with E-state index in [0.717, 1.165) is 11.4 Å². The minimum atomic E-state index is -0.313. The molecule has 0 aliphatic heterocycles. The maximum Gasteiger partial charge on any atom is 0.178 e. The Balaban J connectivity index is 1.55. The molecular weight excluding hydrogens is 494 g/mol. The van der Waals surface area contributed by atoms with E-state index in [1.54, 1.807) is 24.3 Å². The number of benzene rings is 4. The molecule has 182 valence electrons. The van der Waals surface area contributed by atoms with Crippen LogP contribution in [0.3, 0.4) is 0 Å². The molecule has 0 radical (unpaired) electrons. The van der Waals surface area contributed by atoms with Crippen molar-refractivity contribution in [3.8, 4) is 0 Å². The molecule has 0 amide bonds. The maximum atomic E-state index is 13.4. The first-order valence-corrected chi connectivity index (χ1v) is 12.1. The van der Waals surface area contributed by atoms with Crippen molar-refractivity contribution in [2.45, 2.75) is 0 Å². The highest BCUT2D eigenvalue weighted by Gasteiger charge is 2.18. The number of nitrogens with zero attached hydrogens (tertiary/aromatic N) is 2. The number of para-hydroxylation sites is 2. The highest BCUT2D eigenvalue weighted by molar-refractivity contribution is 7.81. The quantitative estimate of drug-likeness (QED) is 0.255. The maximum absolute atomic E-state index is 13.4. The molecule has 0 spiro atoms. The third-order valence-corrected chi connectivity index (χ3v) is 6.01. The van der Waals surface area contributed by atoms with Crippen LogP contribution in [0, 0.1) is 11.6 Å². The average molecular weight is 519 g/mol. The normalized spacial score (nSPS) is 10.4. The first-order valence-electron chi connectivity index (χ1n) is 11.3. The topological polar surface area (TPSA) is 30.5 Å². The molecule has 0 heterocycles. The van der Waals surface area contributed by atoms with Gasteiger partial charge in [-0.2, -0.15) is 0 Å². The summed E-state index contributed by atoms with van der Waals surface area (Å²) in [5, 5.41) is 7.33. The molecule has 0 atom stereocenters. The summed E-state index contributed by atoms with van der Waals surface area (Å²) in [6.45, 7) is 0.994. The molecule has 2 N–H and O–H groups in total. The molecule has 8 heteroatoms. The molecule has 0 saturated carbocycles. The van der Waals surface area contributed by atoms with Crippen LogP contribution < -0.4 is 20.4 Å². The lowest BCUT2D eigenvalue weighted by atomic mass is 10.2. The Morgan fingerprint density at radius 3 is 1.19 bits per heavy atom. The molecule has 0 aromatic heterocycles. The van der Waals surface area contributed by atoms with Crippen molar-refractivity contribution >= 4 is 57.4 Å². The summed E-state index contributed by atoms with van der Waals surface area (Å²) < 4.78 is 26.7. The zero-order chi connectivity index (χ0) is 25.3. The fourth-order valence-corrected chi connectivity index (χ4v) is 4.19. The van der Waals surface area contributed by atoms with Crippen LogP contribution in [0.2, 0.25) is 0 Å². The molecule has 0 aliphatic rings. The predicted molar refractivity (Wildman–Crippen MR) is 153 cm³/mol. The summed E-state index contributed by atoms with van der Waals surface area (Å²) in [5.74, 6) is -0.626. The van der Waals surface area contributed by atoms with E-state index in [4.69, 9.17) is 24.4 Å². The van der Waals surface area contributed by atoms with Crippen LogP contribution in [-0.4, -0.2) is 23.3 Å². The summed E-state index contributed by atoms with van der Waals surface area (Å²) in [4.78, 5) is 3.93. The van der Waals surface area contributed by atoms with Crippen molar-refractivity contribution in [3.63, 3.8) is 0 Å². The Hall–Kier alpha value is -3.88. The summed E-state index contributed by atoms with van der Waals surface area (Å²) in [7, 11) is 0. The van der Waals surface area contributed by atoms with E-state index in [0.29, 0.717) is 34.7 Å². The van der Waals surface area contributed by atoms with Gasteiger partial charge in [0.25, 0.3) is 0 Å². The van der Waals surface area contributed by atoms with Crippen molar-refractivity contribution in [2.75, 3.05) is 33.5 Å². The van der Waals surface area contributed by atoms with Gasteiger partial charge in [0.1, 0.15) is 11.6 Å². The second-order valence-electron chi connectivity index (χ2n) is 7.85. The highest BCUT2D eigenvalue weighted by Crippen LogP contribution is 2.20. The van der Waals surface area contributed by atoms with E-state index >= 15 is 0 Å². The lowest BCUT2D eigenvalue weighted by Crippen LogP contribution is -2.44. The van der Waals surface area contributed by atoms with Crippen LogP contribution in [0.15, 0.2) is 109 Å². The van der Waals surface area contributed by atoms with Crippen LogP contribution in [0.25, 0.3) is 0 Å². The molecule has 0 aliphatic carbocycles.